The molecule has 2 N–H and O–H groups in total. The third kappa shape index (κ3) is 4.01. The molecule has 0 aliphatic heterocycles. The first-order valence-corrected chi connectivity index (χ1v) is 9.81. The van der Waals surface area contributed by atoms with Crippen molar-refractivity contribution in [1.29, 1.82) is 0 Å². The predicted molar refractivity (Wildman–Crippen MR) is 118 cm³/mol. The Bertz CT molecular complexity index is 1070. The quantitative estimate of drug-likeness (QED) is 0.390. The maximum Gasteiger partial charge on any atom is 0.0432 e. The van der Waals surface area contributed by atoms with E-state index in [-0.39, 0.29) is 5.92 Å². The molecule has 2 heterocycles. The van der Waals surface area contributed by atoms with Crippen LogP contribution < -0.4 is 0 Å². The van der Waals surface area contributed by atoms with Crippen LogP contribution >= 0.6 is 0 Å². The predicted octanol–water partition coefficient (Wildman–Crippen LogP) is 6.50. The molecule has 0 saturated carbocycles. The summed E-state index contributed by atoms with van der Waals surface area (Å²) in [5.74, 6) is 0.275. The smallest absolute Gasteiger partial charge is 0.0432 e. The van der Waals surface area contributed by atoms with E-state index in [0.29, 0.717) is 0 Å². The molecule has 4 aromatic rings. The molecule has 2 nitrogen and oxygen atoms in total. The molecular formula is C26H26N2. The fourth-order valence-corrected chi connectivity index (χ4v) is 3.69. The highest BCUT2D eigenvalue weighted by Gasteiger charge is 2.18. The second kappa shape index (κ2) is 8.18. The van der Waals surface area contributed by atoms with Gasteiger partial charge in [-0.25, -0.2) is 0 Å². The average molecular weight is 367 g/mol. The number of aromatic amines is 2. The van der Waals surface area contributed by atoms with Crippen LogP contribution in [0.5, 0.6) is 0 Å². The number of nitrogens with one attached hydrogen (secondary N) is 2. The van der Waals surface area contributed by atoms with Gasteiger partial charge in [-0.15, -0.1) is 0 Å². The summed E-state index contributed by atoms with van der Waals surface area (Å²) < 4.78 is 0. The van der Waals surface area contributed by atoms with E-state index in [1.807, 2.05) is 6.20 Å². The van der Waals surface area contributed by atoms with Crippen LogP contribution in [0.25, 0.3) is 12.2 Å². The molecule has 1 atom stereocenters. The minimum atomic E-state index is 0.275. The van der Waals surface area contributed by atoms with Crippen molar-refractivity contribution in [1.82, 2.24) is 9.97 Å². The molecule has 140 valence electrons. The van der Waals surface area contributed by atoms with Crippen molar-refractivity contribution >= 4 is 12.2 Å². The number of hydrogen-bond acceptors (Lipinski definition) is 0. The minimum absolute atomic E-state index is 0.275. The molecule has 0 amide bonds. The van der Waals surface area contributed by atoms with Crippen molar-refractivity contribution in [3.05, 3.63) is 118 Å². The molecule has 0 radical (unpaired) electrons. The van der Waals surface area contributed by atoms with E-state index in [4.69, 9.17) is 0 Å². The Morgan fingerprint density at radius 2 is 1.54 bits per heavy atom. The lowest BCUT2D eigenvalue weighted by molar-refractivity contribution is 0.755. The highest BCUT2D eigenvalue weighted by molar-refractivity contribution is 5.69. The Hall–Kier alpha value is -3.26. The highest BCUT2D eigenvalue weighted by atomic mass is 14.8. The Morgan fingerprint density at radius 3 is 2.29 bits per heavy atom. The SMILES string of the molecule is Cc1ccccc1/C=C/c1ccc(C(Cc2ccccc2C)c2ccc[nH]2)[nH]1. The summed E-state index contributed by atoms with van der Waals surface area (Å²) in [6.45, 7) is 4.33. The van der Waals surface area contributed by atoms with Crippen molar-refractivity contribution in [3.63, 3.8) is 0 Å². The second-order valence-electron chi connectivity index (χ2n) is 7.37. The zero-order chi connectivity index (χ0) is 19.3. The first-order chi connectivity index (χ1) is 13.7. The normalized spacial score (nSPS) is 12.5. The van der Waals surface area contributed by atoms with Crippen LogP contribution in [0.3, 0.4) is 0 Å². The standard InChI is InChI=1S/C26H26N2/c1-19-8-3-5-10-21(19)13-14-23-15-16-26(28-23)24(25-12-7-17-27-25)18-22-11-6-4-9-20(22)2/h3-17,24,27-28H,18H2,1-2H3/b14-13+. The van der Waals surface area contributed by atoms with Gasteiger partial charge in [-0.2, -0.15) is 0 Å². The first-order valence-electron chi connectivity index (χ1n) is 9.81. The van der Waals surface area contributed by atoms with E-state index in [2.05, 4.69) is 109 Å². The maximum atomic E-state index is 3.62. The van der Waals surface area contributed by atoms with Gasteiger partial charge < -0.3 is 9.97 Å². The van der Waals surface area contributed by atoms with E-state index in [1.165, 1.54) is 33.6 Å². The lowest BCUT2D eigenvalue weighted by Gasteiger charge is -2.16. The molecule has 0 saturated heterocycles. The molecule has 2 heteroatoms. The number of hydrogen-bond donors (Lipinski definition) is 2. The molecule has 0 aliphatic rings. The zero-order valence-corrected chi connectivity index (χ0v) is 16.4. The topological polar surface area (TPSA) is 31.6 Å². The summed E-state index contributed by atoms with van der Waals surface area (Å²) in [6.07, 6.45) is 7.30. The van der Waals surface area contributed by atoms with Crippen LogP contribution in [0.15, 0.2) is 79.0 Å². The molecule has 1 unspecified atom stereocenters. The highest BCUT2D eigenvalue weighted by Crippen LogP contribution is 2.28. The van der Waals surface area contributed by atoms with Crippen LogP contribution in [-0.2, 0) is 6.42 Å². The average Bonchev–Trinajstić information content (AvgIpc) is 3.39. The molecule has 2 aromatic carbocycles. The van der Waals surface area contributed by atoms with Gasteiger partial charge >= 0.3 is 0 Å². The van der Waals surface area contributed by atoms with Crippen LogP contribution in [0.4, 0.5) is 0 Å². The number of aromatic nitrogens is 2. The third-order valence-electron chi connectivity index (χ3n) is 5.42. The summed E-state index contributed by atoms with van der Waals surface area (Å²) >= 11 is 0. The largest absolute Gasteiger partial charge is 0.364 e. The molecule has 2 aromatic heterocycles. The van der Waals surface area contributed by atoms with E-state index in [0.717, 1.165) is 12.1 Å². The van der Waals surface area contributed by atoms with E-state index >= 15 is 0 Å². The Kier molecular flexibility index (Phi) is 5.29. The molecule has 4 rings (SSSR count). The molecule has 0 fully saturated rings. The number of aryl methyl sites for hydroxylation is 2. The van der Waals surface area contributed by atoms with Gasteiger partial charge in [0.2, 0.25) is 0 Å². The first kappa shape index (κ1) is 18.1. The van der Waals surface area contributed by atoms with Gasteiger partial charge in [0.05, 0.1) is 0 Å². The van der Waals surface area contributed by atoms with E-state index in [1.54, 1.807) is 0 Å². The maximum absolute atomic E-state index is 3.62. The second-order valence-corrected chi connectivity index (χ2v) is 7.37. The fourth-order valence-electron chi connectivity index (χ4n) is 3.69. The van der Waals surface area contributed by atoms with Crippen LogP contribution in [0.1, 0.15) is 45.3 Å². The number of rotatable bonds is 6. The lowest BCUT2D eigenvalue weighted by Crippen LogP contribution is -2.07. The van der Waals surface area contributed by atoms with Gasteiger partial charge in [-0.05, 0) is 72.9 Å². The molecule has 28 heavy (non-hydrogen) atoms. The van der Waals surface area contributed by atoms with Gasteiger partial charge in [0.1, 0.15) is 0 Å². The zero-order valence-electron chi connectivity index (χ0n) is 16.4. The van der Waals surface area contributed by atoms with E-state index in [9.17, 15) is 0 Å². The van der Waals surface area contributed by atoms with Gasteiger partial charge in [0.15, 0.2) is 0 Å². The number of H-pyrrole nitrogens is 2. The summed E-state index contributed by atoms with van der Waals surface area (Å²) in [4.78, 5) is 7.04. The summed E-state index contributed by atoms with van der Waals surface area (Å²) in [5, 5.41) is 0. The Balaban J connectivity index is 1.61. The van der Waals surface area contributed by atoms with Crippen molar-refractivity contribution in [3.8, 4) is 0 Å². The fraction of sp³-hybridized carbons (Fsp3) is 0.154. The van der Waals surface area contributed by atoms with Crippen molar-refractivity contribution in [2.45, 2.75) is 26.2 Å². The molecule has 0 aliphatic carbocycles. The minimum Gasteiger partial charge on any atom is -0.364 e. The van der Waals surface area contributed by atoms with Crippen LogP contribution in [-0.4, -0.2) is 9.97 Å². The van der Waals surface area contributed by atoms with Crippen molar-refractivity contribution < 1.29 is 0 Å². The molecular weight excluding hydrogens is 340 g/mol. The van der Waals surface area contributed by atoms with Gasteiger partial charge in [0.25, 0.3) is 0 Å². The third-order valence-corrected chi connectivity index (χ3v) is 5.42. The summed E-state index contributed by atoms with van der Waals surface area (Å²) in [7, 11) is 0. The Labute approximate surface area is 167 Å². The van der Waals surface area contributed by atoms with E-state index < -0.39 is 0 Å². The van der Waals surface area contributed by atoms with Crippen molar-refractivity contribution in [2.24, 2.45) is 0 Å². The molecule has 0 bridgehead atoms. The monoisotopic (exact) mass is 366 g/mol. The van der Waals surface area contributed by atoms with Crippen LogP contribution in [0.2, 0.25) is 0 Å². The number of benzene rings is 2. The van der Waals surface area contributed by atoms with Gasteiger partial charge in [-0.1, -0.05) is 54.6 Å². The Morgan fingerprint density at radius 1 is 0.750 bits per heavy atom. The van der Waals surface area contributed by atoms with Gasteiger partial charge in [0, 0.05) is 29.2 Å². The summed E-state index contributed by atoms with van der Waals surface area (Å²) in [5.41, 5.74) is 8.85. The molecule has 0 spiro atoms. The summed E-state index contributed by atoms with van der Waals surface area (Å²) in [6, 6.07) is 25.7. The lowest BCUT2D eigenvalue weighted by atomic mass is 9.91. The van der Waals surface area contributed by atoms with Crippen LogP contribution in [0, 0.1) is 13.8 Å². The van der Waals surface area contributed by atoms with Gasteiger partial charge in [-0.3, -0.25) is 0 Å². The van der Waals surface area contributed by atoms with Crippen molar-refractivity contribution in [2.75, 3.05) is 0 Å².